The first-order valence-electron chi connectivity index (χ1n) is 15.8. The van der Waals surface area contributed by atoms with Crippen LogP contribution in [0, 0.1) is 40.4 Å². The van der Waals surface area contributed by atoms with Crippen LogP contribution < -0.4 is 0 Å². The lowest BCUT2D eigenvalue weighted by Crippen LogP contribution is -2.52. The lowest BCUT2D eigenvalue weighted by atomic mass is 9.46. The van der Waals surface area contributed by atoms with Crippen LogP contribution in [0.5, 0.6) is 0 Å². The fourth-order valence-electron chi connectivity index (χ4n) is 9.59. The molecule has 1 aromatic heterocycles. The average Bonchev–Trinajstić information content (AvgIpc) is 3.34. The highest BCUT2D eigenvalue weighted by molar-refractivity contribution is 5.89. The van der Waals surface area contributed by atoms with Gasteiger partial charge in [-0.25, -0.2) is 9.59 Å². The van der Waals surface area contributed by atoms with E-state index in [1.54, 1.807) is 11.1 Å². The highest BCUT2D eigenvalue weighted by Crippen LogP contribution is 2.66. The summed E-state index contributed by atoms with van der Waals surface area (Å²) >= 11 is 0. The van der Waals surface area contributed by atoms with Crippen LogP contribution in [0.15, 0.2) is 54.4 Å². The van der Waals surface area contributed by atoms with Gasteiger partial charge in [-0.3, -0.25) is 9.78 Å². The van der Waals surface area contributed by atoms with Gasteiger partial charge < -0.3 is 20.2 Å². The van der Waals surface area contributed by atoms with Gasteiger partial charge in [0.15, 0.2) is 0 Å². The van der Waals surface area contributed by atoms with Crippen molar-refractivity contribution in [3.8, 4) is 0 Å². The van der Waals surface area contributed by atoms with Crippen molar-refractivity contribution in [3.05, 3.63) is 60.0 Å². The van der Waals surface area contributed by atoms with Crippen LogP contribution in [0.1, 0.15) is 77.2 Å². The Bertz CT molecular complexity index is 1300. The monoisotopic (exact) mass is 590 g/mol. The van der Waals surface area contributed by atoms with Crippen LogP contribution in [0.3, 0.4) is 0 Å². The van der Waals surface area contributed by atoms with Crippen LogP contribution in [0.2, 0.25) is 0 Å². The summed E-state index contributed by atoms with van der Waals surface area (Å²) in [6, 6.07) is 4.75. The Labute approximate surface area is 254 Å². The molecule has 2 heterocycles. The zero-order valence-electron chi connectivity index (χ0n) is 25.6. The number of likely N-dealkylation sites (tertiary alicyclic amines) is 1. The zero-order chi connectivity index (χ0) is 30.9. The van der Waals surface area contributed by atoms with Crippen molar-refractivity contribution in [2.75, 3.05) is 13.6 Å². The number of carbonyl (C=O) groups is 3. The summed E-state index contributed by atoms with van der Waals surface area (Å²) in [5.74, 6) is -0.350. The van der Waals surface area contributed by atoms with Crippen molar-refractivity contribution in [1.29, 1.82) is 0 Å². The Morgan fingerprint density at radius 2 is 1.67 bits per heavy atom. The molecule has 8 heteroatoms. The van der Waals surface area contributed by atoms with Crippen LogP contribution in [-0.4, -0.2) is 62.7 Å². The summed E-state index contributed by atoms with van der Waals surface area (Å²) in [5, 5.41) is 25.3. The largest absolute Gasteiger partial charge is 0.481 e. The molecule has 1 aliphatic heterocycles. The third kappa shape index (κ3) is 6.08. The molecule has 1 aromatic rings. The number of piperidine rings is 1. The Morgan fingerprint density at radius 3 is 2.33 bits per heavy atom. The van der Waals surface area contributed by atoms with Gasteiger partial charge in [0.1, 0.15) is 0 Å². The van der Waals surface area contributed by atoms with Crippen molar-refractivity contribution in [2.24, 2.45) is 40.4 Å². The van der Waals surface area contributed by atoms with Gasteiger partial charge in [-0.15, -0.1) is 0 Å². The lowest BCUT2D eigenvalue weighted by Gasteiger charge is -2.58. The zero-order valence-corrected chi connectivity index (χ0v) is 25.6. The molecule has 3 fully saturated rings. The minimum Gasteiger partial charge on any atom is -0.481 e. The second-order valence-corrected chi connectivity index (χ2v) is 13.9. The third-order valence-corrected chi connectivity index (χ3v) is 11.9. The van der Waals surface area contributed by atoms with Crippen molar-refractivity contribution in [1.82, 2.24) is 9.88 Å². The molecular formula is C35H46N2O6. The number of pyridine rings is 1. The number of allylic oxidation sites excluding steroid dienone is 4. The van der Waals surface area contributed by atoms with Gasteiger partial charge in [0.2, 0.25) is 0 Å². The van der Waals surface area contributed by atoms with E-state index in [1.165, 1.54) is 50.5 Å². The normalized spacial score (nSPS) is 37.1. The van der Waals surface area contributed by atoms with E-state index < -0.39 is 17.9 Å². The van der Waals surface area contributed by atoms with Crippen LogP contribution >= 0.6 is 0 Å². The number of rotatable bonds is 5. The van der Waals surface area contributed by atoms with Gasteiger partial charge in [0, 0.05) is 30.6 Å². The van der Waals surface area contributed by atoms with Crippen molar-refractivity contribution < 1.29 is 29.7 Å². The van der Waals surface area contributed by atoms with Gasteiger partial charge in [0.05, 0.1) is 5.92 Å². The number of hydrogen-bond donors (Lipinski definition) is 3. The Hall–Kier alpha value is -3.26. The Morgan fingerprint density at radius 1 is 0.953 bits per heavy atom. The van der Waals surface area contributed by atoms with Crippen molar-refractivity contribution >= 4 is 23.5 Å². The van der Waals surface area contributed by atoms with E-state index in [4.69, 9.17) is 10.2 Å². The fraction of sp³-hybridized carbons (Fsp3) is 0.600. The number of carboxylic acids is 3. The maximum Gasteiger partial charge on any atom is 0.328 e. The number of hydrogen-bond acceptors (Lipinski definition) is 5. The molecule has 43 heavy (non-hydrogen) atoms. The Balaban J connectivity index is 0.000000407. The summed E-state index contributed by atoms with van der Waals surface area (Å²) in [6.07, 6.45) is 20.7. The summed E-state index contributed by atoms with van der Waals surface area (Å²) in [5.41, 5.74) is 5.19. The lowest BCUT2D eigenvalue weighted by molar-refractivity contribution is -0.144. The highest BCUT2D eigenvalue weighted by atomic mass is 16.4. The van der Waals surface area contributed by atoms with E-state index in [0.717, 1.165) is 37.1 Å². The van der Waals surface area contributed by atoms with Crippen molar-refractivity contribution in [2.45, 2.75) is 77.7 Å². The summed E-state index contributed by atoms with van der Waals surface area (Å²) in [7, 11) is 2.22. The SMILES string of the molecule is CN1CCC(C(=O)O)CC1[C@H]1CC[C@@]2(C)C(=CC[C@@H]3[C@@H]2CC[C@]2(C)C(c4cccnc4)=CC[C@@H]32)C1.O=C(O)/C=C/C(=O)O. The van der Waals surface area contributed by atoms with Gasteiger partial charge in [-0.05, 0) is 123 Å². The van der Waals surface area contributed by atoms with E-state index in [1.807, 2.05) is 6.20 Å². The molecule has 8 atom stereocenters. The number of aliphatic carboxylic acids is 3. The maximum atomic E-state index is 11.7. The molecule has 232 valence electrons. The first kappa shape index (κ1) is 31.2. The molecule has 0 amide bonds. The Kier molecular flexibility index (Phi) is 8.98. The first-order chi connectivity index (χ1) is 20.4. The van der Waals surface area contributed by atoms with Gasteiger partial charge in [-0.2, -0.15) is 0 Å². The third-order valence-electron chi connectivity index (χ3n) is 11.9. The molecule has 0 aromatic carbocycles. The summed E-state index contributed by atoms with van der Waals surface area (Å²) in [4.78, 5) is 37.7. The smallest absolute Gasteiger partial charge is 0.328 e. The van der Waals surface area contributed by atoms with E-state index >= 15 is 0 Å². The fourth-order valence-corrected chi connectivity index (χ4v) is 9.59. The van der Waals surface area contributed by atoms with Crippen molar-refractivity contribution in [3.63, 3.8) is 0 Å². The second kappa shape index (κ2) is 12.4. The van der Waals surface area contributed by atoms with Crippen LogP contribution in [0.25, 0.3) is 5.57 Å². The quantitative estimate of drug-likeness (QED) is 0.275. The predicted octanol–water partition coefficient (Wildman–Crippen LogP) is 6.16. The molecule has 8 nitrogen and oxygen atoms in total. The van der Waals surface area contributed by atoms with Crippen LogP contribution in [-0.2, 0) is 14.4 Å². The summed E-state index contributed by atoms with van der Waals surface area (Å²) < 4.78 is 0. The van der Waals surface area contributed by atoms with E-state index in [0.29, 0.717) is 29.5 Å². The molecule has 3 N–H and O–H groups in total. The minimum atomic E-state index is -1.26. The van der Waals surface area contributed by atoms with E-state index in [9.17, 15) is 19.5 Å². The van der Waals surface area contributed by atoms with Crippen LogP contribution in [0.4, 0.5) is 0 Å². The summed E-state index contributed by atoms with van der Waals surface area (Å²) in [6.45, 7) is 6.05. The molecular weight excluding hydrogens is 544 g/mol. The minimum absolute atomic E-state index is 0.158. The number of nitrogens with zero attached hydrogens (tertiary/aromatic N) is 2. The topological polar surface area (TPSA) is 128 Å². The number of carboxylic acid groups (broad SMARTS) is 3. The number of fused-ring (bicyclic) bond motifs is 5. The average molecular weight is 591 g/mol. The van der Waals surface area contributed by atoms with E-state index in [-0.39, 0.29) is 11.3 Å². The molecule has 2 unspecified atom stereocenters. The molecule has 5 aliphatic rings. The highest BCUT2D eigenvalue weighted by Gasteiger charge is 2.57. The molecule has 0 bridgehead atoms. The maximum absolute atomic E-state index is 11.7. The molecule has 0 radical (unpaired) electrons. The number of aromatic nitrogens is 1. The standard InChI is InChI=1S/C31H42N2O2.C4H4O4/c1-30-13-10-20(28-18-21(29(34)35)12-16-33(28)3)17-23(30)6-7-24-26-9-8-25(22-5-4-15-32-19-22)31(26,2)14-11-27(24)30;5-3(6)1-2-4(7)8/h4-6,8,15,19-21,24,26-28H,7,9-14,16-18H2,1-3H3,(H,34,35);1-2H,(H,5,6)(H,7,8)/b;2-1+/t20-,21?,24-,26-,27-,28?,30-,31+;/m0./s1. The molecule has 6 rings (SSSR count). The molecule has 4 aliphatic carbocycles. The molecule has 1 saturated heterocycles. The predicted molar refractivity (Wildman–Crippen MR) is 164 cm³/mol. The second-order valence-electron chi connectivity index (χ2n) is 13.9. The van der Waals surface area contributed by atoms with E-state index in [2.05, 4.69) is 61.3 Å². The van der Waals surface area contributed by atoms with Gasteiger partial charge in [0.25, 0.3) is 0 Å². The first-order valence-corrected chi connectivity index (χ1v) is 15.8. The van der Waals surface area contributed by atoms with Gasteiger partial charge >= 0.3 is 17.9 Å². The molecule has 0 spiro atoms. The molecule has 2 saturated carbocycles. The van der Waals surface area contributed by atoms with Gasteiger partial charge in [-0.1, -0.05) is 37.6 Å².